The lowest BCUT2D eigenvalue weighted by atomic mass is 10.0. The summed E-state index contributed by atoms with van der Waals surface area (Å²) in [5, 5.41) is 6.86. The van der Waals surface area contributed by atoms with Crippen molar-refractivity contribution in [2.45, 2.75) is 32.2 Å². The summed E-state index contributed by atoms with van der Waals surface area (Å²) in [6, 6.07) is 13.3. The van der Waals surface area contributed by atoms with E-state index in [-0.39, 0.29) is 0 Å². The highest BCUT2D eigenvalue weighted by atomic mass is 15.1. The highest BCUT2D eigenvalue weighted by Gasteiger charge is 2.19. The lowest BCUT2D eigenvalue weighted by Gasteiger charge is -2.32. The van der Waals surface area contributed by atoms with Gasteiger partial charge >= 0.3 is 0 Å². The largest absolute Gasteiger partial charge is 0.434 e. The fourth-order valence-corrected chi connectivity index (χ4v) is 3.32. The van der Waals surface area contributed by atoms with Crippen LogP contribution in [0.5, 0.6) is 0 Å². The van der Waals surface area contributed by atoms with E-state index >= 15 is 0 Å². The predicted octanol–water partition coefficient (Wildman–Crippen LogP) is 2.47. The zero-order valence-electron chi connectivity index (χ0n) is 14.8. The molecule has 0 atom stereocenters. The van der Waals surface area contributed by atoms with E-state index < -0.39 is 0 Å². The summed E-state index contributed by atoms with van der Waals surface area (Å²) in [7, 11) is 2.00. The molecule has 126 valence electrons. The molecule has 1 saturated heterocycles. The number of piperidine rings is 1. The molecule has 1 aromatic heterocycles. The Balaban J connectivity index is 1.44. The second-order valence-electron chi connectivity index (χ2n) is 6.64. The Morgan fingerprint density at radius 3 is 2.67 bits per heavy atom. The molecule has 24 heavy (non-hydrogen) atoms. The molecule has 5 heteroatoms. The van der Waals surface area contributed by atoms with Gasteiger partial charge in [-0.3, -0.25) is 0 Å². The van der Waals surface area contributed by atoms with Crippen LogP contribution in [-0.4, -0.2) is 43.5 Å². The Hall–Kier alpha value is -2.01. The van der Waals surface area contributed by atoms with E-state index in [0.29, 0.717) is 6.04 Å². The molecule has 2 N–H and O–H groups in total. The van der Waals surface area contributed by atoms with Gasteiger partial charge in [0.1, 0.15) is 5.82 Å². The monoisotopic (exact) mass is 322 g/mol. The molecule has 0 unspecified atom stereocenters. The Morgan fingerprint density at radius 1 is 1.17 bits per heavy atom. The van der Waals surface area contributed by atoms with Crippen LogP contribution >= 0.6 is 0 Å². The molecule has 1 aromatic carbocycles. The number of likely N-dealkylation sites (tertiary alicyclic amines) is 1. The van der Waals surface area contributed by atoms with Gasteiger partial charge in [-0.15, -0.1) is 0 Å². The van der Waals surface area contributed by atoms with Gasteiger partial charge in [0.2, 0.25) is 7.98 Å². The summed E-state index contributed by atoms with van der Waals surface area (Å²) < 4.78 is 0. The topological polar surface area (TPSA) is 40.2 Å². The Bertz CT molecular complexity index is 636. The summed E-state index contributed by atoms with van der Waals surface area (Å²) in [6.07, 6.45) is 5.40. The summed E-state index contributed by atoms with van der Waals surface area (Å²) in [5.41, 5.74) is 3.86. The van der Waals surface area contributed by atoms with Crippen molar-refractivity contribution in [1.29, 1.82) is 0 Å². The average molecular weight is 322 g/mol. The smallest absolute Gasteiger partial charge is 0.213 e. The van der Waals surface area contributed by atoms with Crippen molar-refractivity contribution in [2.75, 3.05) is 30.2 Å². The van der Waals surface area contributed by atoms with Gasteiger partial charge in [0, 0.05) is 37.6 Å². The molecular weight excluding hydrogens is 295 g/mol. The number of nitrogens with one attached hydrogen (secondary N) is 2. The van der Waals surface area contributed by atoms with Crippen LogP contribution in [0.1, 0.15) is 24.0 Å². The maximum Gasteiger partial charge on any atom is 0.213 e. The van der Waals surface area contributed by atoms with Crippen LogP contribution in [0.25, 0.3) is 0 Å². The van der Waals surface area contributed by atoms with Crippen LogP contribution in [0, 0.1) is 6.92 Å². The molecule has 0 bridgehead atoms. The zero-order valence-corrected chi connectivity index (χ0v) is 14.8. The number of rotatable bonds is 6. The van der Waals surface area contributed by atoms with E-state index in [1.807, 2.05) is 14.2 Å². The van der Waals surface area contributed by atoms with E-state index in [1.165, 1.54) is 29.7 Å². The summed E-state index contributed by atoms with van der Waals surface area (Å²) in [4.78, 5) is 7.03. The molecule has 1 aliphatic rings. The summed E-state index contributed by atoms with van der Waals surface area (Å²) in [5.74, 6) is 1.00. The fraction of sp³-hybridized carbons (Fsp3) is 0.421. The number of para-hydroxylation sites is 1. The molecule has 0 amide bonds. The lowest BCUT2D eigenvalue weighted by Crippen LogP contribution is -2.40. The third kappa shape index (κ3) is 4.51. The van der Waals surface area contributed by atoms with Gasteiger partial charge in [0.15, 0.2) is 0 Å². The lowest BCUT2D eigenvalue weighted by molar-refractivity contribution is 0.221. The van der Waals surface area contributed by atoms with Crippen LogP contribution in [-0.2, 0) is 6.42 Å². The number of aryl methyl sites for hydroxylation is 1. The van der Waals surface area contributed by atoms with Crippen LogP contribution < -0.4 is 10.5 Å². The van der Waals surface area contributed by atoms with Crippen LogP contribution in [0.15, 0.2) is 42.6 Å². The van der Waals surface area contributed by atoms with E-state index in [4.69, 9.17) is 0 Å². The maximum atomic E-state index is 4.45. The average Bonchev–Trinajstić information content (AvgIpc) is 2.63. The van der Waals surface area contributed by atoms with Crippen LogP contribution in [0.4, 0.5) is 11.5 Å². The Kier molecular flexibility index (Phi) is 5.75. The molecule has 0 radical (unpaired) electrons. The third-order valence-electron chi connectivity index (χ3n) is 4.84. The molecule has 1 aliphatic heterocycles. The van der Waals surface area contributed by atoms with E-state index in [0.717, 1.165) is 31.9 Å². The van der Waals surface area contributed by atoms with Gasteiger partial charge in [-0.05, 0) is 49.4 Å². The molecule has 2 aromatic rings. The number of pyridine rings is 1. The minimum atomic E-state index is 0.543. The normalized spacial score (nSPS) is 16.0. The Morgan fingerprint density at radius 2 is 1.96 bits per heavy atom. The van der Waals surface area contributed by atoms with Crippen molar-refractivity contribution in [2.24, 2.45) is 0 Å². The van der Waals surface area contributed by atoms with Crippen molar-refractivity contribution >= 4 is 19.5 Å². The molecule has 3 rings (SSSR count). The van der Waals surface area contributed by atoms with E-state index in [1.54, 1.807) is 0 Å². The molecule has 0 aliphatic carbocycles. The highest BCUT2D eigenvalue weighted by Crippen LogP contribution is 2.18. The summed E-state index contributed by atoms with van der Waals surface area (Å²) in [6.45, 7) is 5.52. The van der Waals surface area contributed by atoms with Crippen molar-refractivity contribution in [3.8, 4) is 0 Å². The van der Waals surface area contributed by atoms with Gasteiger partial charge in [0.05, 0.1) is 0 Å². The fourth-order valence-electron chi connectivity index (χ4n) is 3.32. The maximum absolute atomic E-state index is 4.45. The summed E-state index contributed by atoms with van der Waals surface area (Å²) >= 11 is 0. The first-order valence-corrected chi connectivity index (χ1v) is 8.92. The van der Waals surface area contributed by atoms with Gasteiger partial charge in [-0.25, -0.2) is 4.98 Å². The first-order chi connectivity index (χ1) is 11.7. The van der Waals surface area contributed by atoms with Crippen molar-refractivity contribution in [3.63, 3.8) is 0 Å². The molecule has 4 nitrogen and oxygen atoms in total. The van der Waals surface area contributed by atoms with Crippen LogP contribution in [0.3, 0.4) is 0 Å². The van der Waals surface area contributed by atoms with Crippen molar-refractivity contribution < 1.29 is 0 Å². The zero-order chi connectivity index (χ0) is 16.8. The second kappa shape index (κ2) is 8.20. The predicted molar refractivity (Wildman–Crippen MR) is 104 cm³/mol. The standard InChI is InChI=1S/C19H27BN4/c1-15-6-7-19(21-14-15)22-17-9-12-24(13-10-17)11-8-16-4-2-3-5-18(16)23-20/h2-7,14,17,23H,8-13,20H2,1H3,(H,21,22). The van der Waals surface area contributed by atoms with Gasteiger partial charge in [-0.1, -0.05) is 24.3 Å². The molecule has 0 spiro atoms. The number of nitrogens with zero attached hydrogens (tertiary/aromatic N) is 2. The SMILES string of the molecule is BNc1ccccc1CCN1CCC(Nc2ccc(C)cn2)CC1. The van der Waals surface area contributed by atoms with Crippen molar-refractivity contribution in [3.05, 3.63) is 53.7 Å². The molecule has 0 saturated carbocycles. The minimum Gasteiger partial charge on any atom is -0.434 e. The number of benzene rings is 1. The Labute approximate surface area is 146 Å². The second-order valence-corrected chi connectivity index (χ2v) is 6.64. The van der Waals surface area contributed by atoms with E-state index in [2.05, 4.69) is 63.8 Å². The molecule has 1 fully saturated rings. The molecule has 2 heterocycles. The van der Waals surface area contributed by atoms with Crippen LogP contribution in [0.2, 0.25) is 0 Å². The first kappa shape index (κ1) is 16.8. The third-order valence-corrected chi connectivity index (χ3v) is 4.84. The van der Waals surface area contributed by atoms with Crippen molar-refractivity contribution in [1.82, 2.24) is 9.88 Å². The highest BCUT2D eigenvalue weighted by molar-refractivity contribution is 6.16. The van der Waals surface area contributed by atoms with Gasteiger partial charge < -0.3 is 15.4 Å². The van der Waals surface area contributed by atoms with E-state index in [9.17, 15) is 0 Å². The van der Waals surface area contributed by atoms with Gasteiger partial charge in [0.25, 0.3) is 0 Å². The quantitative estimate of drug-likeness (QED) is 0.802. The number of hydrogen-bond acceptors (Lipinski definition) is 4. The molecular formula is C19H27BN4. The number of hydrogen-bond donors (Lipinski definition) is 2. The number of aromatic nitrogens is 1. The first-order valence-electron chi connectivity index (χ1n) is 8.92. The number of anilines is 2. The minimum absolute atomic E-state index is 0.543. The van der Waals surface area contributed by atoms with Gasteiger partial charge in [-0.2, -0.15) is 0 Å².